The fourth-order valence-electron chi connectivity index (χ4n) is 2.87. The van der Waals surface area contributed by atoms with Crippen molar-refractivity contribution in [2.45, 2.75) is 38.6 Å². The lowest BCUT2D eigenvalue weighted by atomic mass is 9.89. The van der Waals surface area contributed by atoms with Crippen LogP contribution in [0.3, 0.4) is 0 Å². The van der Waals surface area contributed by atoms with Crippen LogP contribution in [0.2, 0.25) is 0 Å². The molecule has 0 unspecified atom stereocenters. The number of aliphatic carboxylic acids is 1. The Bertz CT molecular complexity index is 443. The highest BCUT2D eigenvalue weighted by Gasteiger charge is 2.15. The highest BCUT2D eigenvalue weighted by Crippen LogP contribution is 2.24. The molecule has 1 aliphatic rings. The monoisotopic (exact) mass is 292 g/mol. The summed E-state index contributed by atoms with van der Waals surface area (Å²) >= 11 is 0. The standard InChI is InChI=1S/C15H24N4O2/c1-19(10-12-5-3-2-4-6-12)11-13-7-16-15(17-8-13)18-9-14(20)21/h7-8,12H,2-6,9-11H2,1H3,(H,20,21)(H,16,17,18). The Balaban J connectivity index is 1.77. The van der Waals surface area contributed by atoms with Crippen LogP contribution in [0, 0.1) is 5.92 Å². The highest BCUT2D eigenvalue weighted by molar-refractivity contribution is 5.71. The van der Waals surface area contributed by atoms with Crippen molar-refractivity contribution in [3.8, 4) is 0 Å². The minimum Gasteiger partial charge on any atom is -0.480 e. The van der Waals surface area contributed by atoms with E-state index in [0.29, 0.717) is 5.95 Å². The molecule has 0 spiro atoms. The molecule has 0 aromatic carbocycles. The van der Waals surface area contributed by atoms with Crippen molar-refractivity contribution in [2.24, 2.45) is 5.92 Å². The van der Waals surface area contributed by atoms with Gasteiger partial charge in [0, 0.05) is 31.0 Å². The first-order chi connectivity index (χ1) is 10.1. The molecular weight excluding hydrogens is 268 g/mol. The van der Waals surface area contributed by atoms with Crippen LogP contribution in [0.4, 0.5) is 5.95 Å². The van der Waals surface area contributed by atoms with Crippen molar-refractivity contribution in [2.75, 3.05) is 25.5 Å². The third kappa shape index (κ3) is 5.67. The summed E-state index contributed by atoms with van der Waals surface area (Å²) in [6.45, 7) is 1.79. The minimum atomic E-state index is -0.921. The Morgan fingerprint density at radius 2 is 2.00 bits per heavy atom. The fourth-order valence-corrected chi connectivity index (χ4v) is 2.87. The normalized spacial score (nSPS) is 16.1. The van der Waals surface area contributed by atoms with Crippen LogP contribution >= 0.6 is 0 Å². The molecule has 2 N–H and O–H groups in total. The van der Waals surface area contributed by atoms with Crippen LogP contribution in [0.25, 0.3) is 0 Å². The molecule has 0 radical (unpaired) electrons. The number of carboxylic acid groups (broad SMARTS) is 1. The zero-order valence-corrected chi connectivity index (χ0v) is 12.6. The summed E-state index contributed by atoms with van der Waals surface area (Å²) in [6.07, 6.45) is 10.3. The van der Waals surface area contributed by atoms with Gasteiger partial charge in [0.1, 0.15) is 6.54 Å². The zero-order valence-electron chi connectivity index (χ0n) is 12.6. The van der Waals surface area contributed by atoms with Crippen molar-refractivity contribution in [3.05, 3.63) is 18.0 Å². The van der Waals surface area contributed by atoms with Crippen LogP contribution in [0.1, 0.15) is 37.7 Å². The van der Waals surface area contributed by atoms with Gasteiger partial charge in [-0.1, -0.05) is 19.3 Å². The molecule has 1 heterocycles. The molecule has 1 aromatic heterocycles. The summed E-state index contributed by atoms with van der Waals surface area (Å²) in [5, 5.41) is 11.2. The van der Waals surface area contributed by atoms with E-state index in [1.807, 2.05) is 0 Å². The lowest BCUT2D eigenvalue weighted by molar-refractivity contribution is -0.134. The van der Waals surface area contributed by atoms with Crippen LogP contribution in [0.15, 0.2) is 12.4 Å². The molecule has 0 amide bonds. The van der Waals surface area contributed by atoms with E-state index < -0.39 is 5.97 Å². The van der Waals surface area contributed by atoms with Crippen molar-refractivity contribution < 1.29 is 9.90 Å². The van der Waals surface area contributed by atoms with Gasteiger partial charge in [-0.05, 0) is 25.8 Å². The molecule has 1 aliphatic carbocycles. The zero-order chi connectivity index (χ0) is 15.1. The molecule has 1 aromatic rings. The maximum absolute atomic E-state index is 10.4. The average Bonchev–Trinajstić information content (AvgIpc) is 2.47. The van der Waals surface area contributed by atoms with Gasteiger partial charge in [-0.3, -0.25) is 4.79 Å². The molecule has 0 saturated heterocycles. The molecule has 6 nitrogen and oxygen atoms in total. The molecule has 21 heavy (non-hydrogen) atoms. The number of nitrogens with zero attached hydrogens (tertiary/aromatic N) is 3. The van der Waals surface area contributed by atoms with Crippen molar-refractivity contribution >= 4 is 11.9 Å². The Hall–Kier alpha value is -1.69. The average molecular weight is 292 g/mol. The molecule has 6 heteroatoms. The first kappa shape index (κ1) is 15.7. The summed E-state index contributed by atoms with van der Waals surface area (Å²) in [4.78, 5) is 21.0. The second-order valence-corrected chi connectivity index (χ2v) is 5.86. The van der Waals surface area contributed by atoms with Gasteiger partial charge in [-0.25, -0.2) is 9.97 Å². The van der Waals surface area contributed by atoms with Gasteiger partial charge in [-0.15, -0.1) is 0 Å². The summed E-state index contributed by atoms with van der Waals surface area (Å²) in [5.74, 6) is 0.257. The molecule has 1 saturated carbocycles. The van der Waals surface area contributed by atoms with E-state index in [1.165, 1.54) is 32.1 Å². The minimum absolute atomic E-state index is 0.166. The van der Waals surface area contributed by atoms with Gasteiger partial charge in [0.25, 0.3) is 0 Å². The van der Waals surface area contributed by atoms with Crippen molar-refractivity contribution in [3.63, 3.8) is 0 Å². The van der Waals surface area contributed by atoms with E-state index in [1.54, 1.807) is 12.4 Å². The predicted molar refractivity (Wildman–Crippen MR) is 81.1 cm³/mol. The number of carboxylic acids is 1. The van der Waals surface area contributed by atoms with Gasteiger partial charge in [0.05, 0.1) is 0 Å². The second kappa shape index (κ2) is 7.93. The van der Waals surface area contributed by atoms with Crippen LogP contribution < -0.4 is 5.32 Å². The van der Waals surface area contributed by atoms with Gasteiger partial charge >= 0.3 is 5.97 Å². The summed E-state index contributed by atoms with van der Waals surface area (Å²) in [7, 11) is 2.13. The third-order valence-corrected chi connectivity index (χ3v) is 3.85. The van der Waals surface area contributed by atoms with Crippen molar-refractivity contribution in [1.29, 1.82) is 0 Å². The Morgan fingerprint density at radius 1 is 1.33 bits per heavy atom. The van der Waals surface area contributed by atoms with Crippen LogP contribution in [0.5, 0.6) is 0 Å². The van der Waals surface area contributed by atoms with E-state index >= 15 is 0 Å². The van der Waals surface area contributed by atoms with E-state index in [0.717, 1.165) is 24.6 Å². The van der Waals surface area contributed by atoms with Crippen molar-refractivity contribution in [1.82, 2.24) is 14.9 Å². The van der Waals surface area contributed by atoms with E-state index in [9.17, 15) is 4.79 Å². The largest absolute Gasteiger partial charge is 0.480 e. The van der Waals surface area contributed by atoms with Crippen LogP contribution in [-0.4, -0.2) is 46.1 Å². The molecular formula is C15H24N4O2. The summed E-state index contributed by atoms with van der Waals surface area (Å²) < 4.78 is 0. The first-order valence-electron chi connectivity index (χ1n) is 7.58. The maximum Gasteiger partial charge on any atom is 0.322 e. The number of hydrogen-bond acceptors (Lipinski definition) is 5. The number of anilines is 1. The molecule has 116 valence electrons. The fraction of sp³-hybridized carbons (Fsp3) is 0.667. The number of rotatable bonds is 7. The lowest BCUT2D eigenvalue weighted by Crippen LogP contribution is -2.26. The third-order valence-electron chi connectivity index (χ3n) is 3.85. The van der Waals surface area contributed by atoms with Gasteiger partial charge in [0.2, 0.25) is 5.95 Å². The predicted octanol–water partition coefficient (Wildman–Crippen LogP) is 1.99. The molecule has 2 rings (SSSR count). The smallest absolute Gasteiger partial charge is 0.322 e. The van der Waals surface area contributed by atoms with E-state index in [2.05, 4.69) is 27.2 Å². The first-order valence-corrected chi connectivity index (χ1v) is 7.58. The van der Waals surface area contributed by atoms with E-state index in [-0.39, 0.29) is 6.54 Å². The number of carbonyl (C=O) groups is 1. The van der Waals surface area contributed by atoms with Gasteiger partial charge in [0.15, 0.2) is 0 Å². The van der Waals surface area contributed by atoms with Crippen LogP contribution in [-0.2, 0) is 11.3 Å². The molecule has 0 atom stereocenters. The summed E-state index contributed by atoms with van der Waals surface area (Å²) in [6, 6.07) is 0. The maximum atomic E-state index is 10.4. The van der Waals surface area contributed by atoms with Gasteiger partial charge in [-0.2, -0.15) is 0 Å². The lowest BCUT2D eigenvalue weighted by Gasteiger charge is -2.26. The number of aromatic nitrogens is 2. The quantitative estimate of drug-likeness (QED) is 0.800. The second-order valence-electron chi connectivity index (χ2n) is 5.86. The number of hydrogen-bond donors (Lipinski definition) is 2. The number of nitrogens with one attached hydrogen (secondary N) is 1. The van der Waals surface area contributed by atoms with Gasteiger partial charge < -0.3 is 15.3 Å². The SMILES string of the molecule is CN(Cc1cnc(NCC(=O)O)nc1)CC1CCCCC1. The molecule has 1 fully saturated rings. The Labute approximate surface area is 125 Å². The highest BCUT2D eigenvalue weighted by atomic mass is 16.4. The van der Waals surface area contributed by atoms with E-state index in [4.69, 9.17) is 5.11 Å². The summed E-state index contributed by atoms with van der Waals surface area (Å²) in [5.41, 5.74) is 1.05. The molecule has 0 aliphatic heterocycles. The molecule has 0 bridgehead atoms. The Morgan fingerprint density at radius 3 is 2.62 bits per heavy atom. The topological polar surface area (TPSA) is 78.4 Å². The Kier molecular flexibility index (Phi) is 5.92.